The molecule has 7 nitrogen and oxygen atoms in total. The normalized spacial score (nSPS) is 10.3. The second-order valence-electron chi connectivity index (χ2n) is 6.35. The van der Waals surface area contributed by atoms with Crippen LogP contribution in [0.1, 0.15) is 25.3 Å². The minimum absolute atomic E-state index is 0.235. The molecule has 0 aliphatic heterocycles. The van der Waals surface area contributed by atoms with Crippen LogP contribution in [0.15, 0.2) is 42.7 Å². The molecule has 0 saturated heterocycles. The molecule has 0 spiro atoms. The number of anilines is 2. The lowest BCUT2D eigenvalue weighted by Crippen LogP contribution is -2.07. The summed E-state index contributed by atoms with van der Waals surface area (Å²) in [5.74, 6) is 4.10. The van der Waals surface area contributed by atoms with Crippen molar-refractivity contribution in [2.24, 2.45) is 0 Å². The molecule has 3 rings (SSSR count). The van der Waals surface area contributed by atoms with Crippen LogP contribution >= 0.6 is 0 Å². The first-order valence-electron chi connectivity index (χ1n) is 9.59. The van der Waals surface area contributed by atoms with Gasteiger partial charge in [-0.2, -0.15) is 0 Å². The summed E-state index contributed by atoms with van der Waals surface area (Å²) in [6, 6.07) is 11.1. The van der Waals surface area contributed by atoms with Gasteiger partial charge < -0.3 is 19.5 Å². The van der Waals surface area contributed by atoms with E-state index in [0.29, 0.717) is 48.9 Å². The van der Waals surface area contributed by atoms with Crippen molar-refractivity contribution in [1.29, 1.82) is 0 Å². The van der Waals surface area contributed by atoms with Gasteiger partial charge in [-0.15, -0.1) is 6.42 Å². The Bertz CT molecular complexity index is 1080. The molecule has 0 radical (unpaired) electrons. The number of carbonyl (C=O) groups excluding carboxylic acids is 1. The highest BCUT2D eigenvalue weighted by molar-refractivity contribution is 5.93. The van der Waals surface area contributed by atoms with Crippen molar-refractivity contribution in [2.75, 3.05) is 25.6 Å². The minimum atomic E-state index is -0.235. The van der Waals surface area contributed by atoms with E-state index < -0.39 is 0 Å². The van der Waals surface area contributed by atoms with Gasteiger partial charge in [0, 0.05) is 29.1 Å². The van der Waals surface area contributed by atoms with Crippen LogP contribution < -0.4 is 14.8 Å². The van der Waals surface area contributed by atoms with Gasteiger partial charge in [0.2, 0.25) is 0 Å². The van der Waals surface area contributed by atoms with Crippen molar-refractivity contribution in [3.05, 3.63) is 48.3 Å². The number of hydrogen-bond donors (Lipinski definition) is 1. The lowest BCUT2D eigenvalue weighted by atomic mass is 10.2. The number of aromatic nitrogens is 2. The van der Waals surface area contributed by atoms with Gasteiger partial charge >= 0.3 is 5.97 Å². The summed E-state index contributed by atoms with van der Waals surface area (Å²) in [6.45, 7) is 2.50. The number of nitrogens with zero attached hydrogens (tertiary/aromatic N) is 2. The Morgan fingerprint density at radius 3 is 2.83 bits per heavy atom. The molecule has 1 N–H and O–H groups in total. The highest BCUT2D eigenvalue weighted by Crippen LogP contribution is 2.34. The Labute approximate surface area is 175 Å². The van der Waals surface area contributed by atoms with Crippen LogP contribution in [0, 0.1) is 12.3 Å². The average Bonchev–Trinajstić information content (AvgIpc) is 2.77. The molecule has 7 heteroatoms. The SMILES string of the molecule is C#Cc1cccc(Nc2ncnc3cc(OC)c(OCCCC(=O)OCC)cc23)c1. The van der Waals surface area contributed by atoms with Crippen molar-refractivity contribution < 1.29 is 19.0 Å². The van der Waals surface area contributed by atoms with Crippen LogP contribution in [0.4, 0.5) is 11.5 Å². The third kappa shape index (κ3) is 5.17. The minimum Gasteiger partial charge on any atom is -0.493 e. The first-order valence-corrected chi connectivity index (χ1v) is 9.59. The van der Waals surface area contributed by atoms with E-state index in [4.69, 9.17) is 20.6 Å². The number of hydrogen-bond acceptors (Lipinski definition) is 7. The Kier molecular flexibility index (Phi) is 7.06. The first kappa shape index (κ1) is 20.9. The van der Waals surface area contributed by atoms with Crippen LogP contribution in [-0.2, 0) is 9.53 Å². The van der Waals surface area contributed by atoms with Gasteiger partial charge in [0.25, 0.3) is 0 Å². The Balaban J connectivity index is 1.82. The van der Waals surface area contributed by atoms with Gasteiger partial charge in [0.05, 0.1) is 25.8 Å². The highest BCUT2D eigenvalue weighted by Gasteiger charge is 2.12. The molecule has 0 aliphatic rings. The van der Waals surface area contributed by atoms with E-state index in [0.717, 1.165) is 16.6 Å². The number of esters is 1. The lowest BCUT2D eigenvalue weighted by molar-refractivity contribution is -0.143. The maximum absolute atomic E-state index is 11.5. The standard InChI is InChI=1S/C23H23N3O4/c1-4-16-8-6-9-17(12-16)26-23-18-13-21(30-11-7-10-22(27)29-5-2)20(28-3)14-19(18)24-15-25-23/h1,6,8-9,12-15H,5,7,10-11H2,2-3H3,(H,24,25,26). The second kappa shape index (κ2) is 10.1. The summed E-state index contributed by atoms with van der Waals surface area (Å²) < 4.78 is 16.2. The zero-order valence-corrected chi connectivity index (χ0v) is 17.0. The number of terminal acetylenes is 1. The summed E-state index contributed by atoms with van der Waals surface area (Å²) >= 11 is 0. The van der Waals surface area contributed by atoms with Crippen LogP contribution in [-0.4, -0.2) is 36.3 Å². The van der Waals surface area contributed by atoms with Gasteiger partial charge in [-0.3, -0.25) is 4.79 Å². The smallest absolute Gasteiger partial charge is 0.305 e. The van der Waals surface area contributed by atoms with E-state index in [1.54, 1.807) is 20.1 Å². The number of nitrogens with one attached hydrogen (secondary N) is 1. The van der Waals surface area contributed by atoms with Gasteiger partial charge in [-0.1, -0.05) is 12.0 Å². The van der Waals surface area contributed by atoms with Crippen LogP contribution in [0.2, 0.25) is 0 Å². The molecule has 0 fully saturated rings. The summed E-state index contributed by atoms with van der Waals surface area (Å²) in [5, 5.41) is 4.05. The van der Waals surface area contributed by atoms with Crippen molar-refractivity contribution >= 4 is 28.4 Å². The zero-order valence-electron chi connectivity index (χ0n) is 17.0. The second-order valence-corrected chi connectivity index (χ2v) is 6.35. The number of carbonyl (C=O) groups is 1. The predicted octanol–water partition coefficient (Wildman–Crippen LogP) is 4.09. The molecular weight excluding hydrogens is 382 g/mol. The van der Waals surface area contributed by atoms with E-state index in [1.807, 2.05) is 30.3 Å². The summed E-state index contributed by atoms with van der Waals surface area (Å²) in [4.78, 5) is 20.2. The summed E-state index contributed by atoms with van der Waals surface area (Å²) in [7, 11) is 1.57. The zero-order chi connectivity index (χ0) is 21.3. The molecule has 0 bridgehead atoms. The third-order valence-corrected chi connectivity index (χ3v) is 4.30. The number of ether oxygens (including phenoxy) is 3. The Morgan fingerprint density at radius 2 is 2.07 bits per heavy atom. The predicted molar refractivity (Wildman–Crippen MR) is 115 cm³/mol. The molecule has 1 aromatic heterocycles. The molecule has 30 heavy (non-hydrogen) atoms. The highest BCUT2D eigenvalue weighted by atomic mass is 16.5. The quantitative estimate of drug-likeness (QED) is 0.326. The molecule has 154 valence electrons. The van der Waals surface area contributed by atoms with E-state index in [9.17, 15) is 4.79 Å². The van der Waals surface area contributed by atoms with Crippen molar-refractivity contribution in [3.8, 4) is 23.8 Å². The van der Waals surface area contributed by atoms with E-state index >= 15 is 0 Å². The first-order chi connectivity index (χ1) is 14.6. The molecule has 0 aliphatic carbocycles. The van der Waals surface area contributed by atoms with Crippen molar-refractivity contribution in [1.82, 2.24) is 9.97 Å². The fraction of sp³-hybridized carbons (Fsp3) is 0.261. The Hall–Kier alpha value is -3.79. The maximum atomic E-state index is 11.5. The monoisotopic (exact) mass is 405 g/mol. The average molecular weight is 405 g/mol. The number of methoxy groups -OCH3 is 1. The lowest BCUT2D eigenvalue weighted by Gasteiger charge is -2.14. The fourth-order valence-electron chi connectivity index (χ4n) is 2.89. The van der Waals surface area contributed by atoms with Crippen molar-refractivity contribution in [3.63, 3.8) is 0 Å². The molecular formula is C23H23N3O4. The van der Waals surface area contributed by atoms with Gasteiger partial charge in [-0.05, 0) is 37.6 Å². The van der Waals surface area contributed by atoms with Gasteiger partial charge in [-0.25, -0.2) is 9.97 Å². The van der Waals surface area contributed by atoms with Crippen LogP contribution in [0.3, 0.4) is 0 Å². The largest absolute Gasteiger partial charge is 0.493 e. The molecule has 0 saturated carbocycles. The molecule has 0 amide bonds. The van der Waals surface area contributed by atoms with Crippen molar-refractivity contribution in [2.45, 2.75) is 19.8 Å². The van der Waals surface area contributed by atoms with Gasteiger partial charge in [0.15, 0.2) is 11.5 Å². The maximum Gasteiger partial charge on any atom is 0.305 e. The topological polar surface area (TPSA) is 82.6 Å². The molecule has 1 heterocycles. The summed E-state index contributed by atoms with van der Waals surface area (Å²) in [6.07, 6.45) is 7.80. The third-order valence-electron chi connectivity index (χ3n) is 4.30. The fourth-order valence-corrected chi connectivity index (χ4v) is 2.89. The molecule has 2 aromatic carbocycles. The van der Waals surface area contributed by atoms with Gasteiger partial charge in [0.1, 0.15) is 12.1 Å². The van der Waals surface area contributed by atoms with Crippen LogP contribution in [0.5, 0.6) is 11.5 Å². The summed E-state index contributed by atoms with van der Waals surface area (Å²) in [5.41, 5.74) is 2.29. The number of benzene rings is 2. The molecule has 0 unspecified atom stereocenters. The Morgan fingerprint density at radius 1 is 1.20 bits per heavy atom. The van der Waals surface area contributed by atoms with E-state index in [1.165, 1.54) is 6.33 Å². The number of rotatable bonds is 9. The number of fused-ring (bicyclic) bond motifs is 1. The molecule has 0 atom stereocenters. The molecule has 3 aromatic rings. The van der Waals surface area contributed by atoms with E-state index in [2.05, 4.69) is 21.2 Å². The van der Waals surface area contributed by atoms with Crippen LogP contribution in [0.25, 0.3) is 10.9 Å². The van der Waals surface area contributed by atoms with E-state index in [-0.39, 0.29) is 5.97 Å².